The third-order valence-electron chi connectivity index (χ3n) is 4.09. The van der Waals surface area contributed by atoms with Crippen LogP contribution in [-0.2, 0) is 11.3 Å². The van der Waals surface area contributed by atoms with E-state index < -0.39 is 0 Å². The highest BCUT2D eigenvalue weighted by molar-refractivity contribution is 7.99. The van der Waals surface area contributed by atoms with Gasteiger partial charge in [0.2, 0.25) is 11.1 Å². The molecule has 0 fully saturated rings. The maximum atomic E-state index is 12.7. The first-order chi connectivity index (χ1) is 14.4. The molecule has 0 atom stereocenters. The number of para-hydroxylation sites is 1. The van der Waals surface area contributed by atoms with Gasteiger partial charge in [-0.25, -0.2) is 4.68 Å². The average Bonchev–Trinajstić information content (AvgIpc) is 3.13. The van der Waals surface area contributed by atoms with Crippen LogP contribution in [0.1, 0.15) is 29.8 Å². The summed E-state index contributed by atoms with van der Waals surface area (Å²) in [6, 6.07) is 14.5. The van der Waals surface area contributed by atoms with Gasteiger partial charge in [-0.1, -0.05) is 49.9 Å². The molecule has 0 spiro atoms. The minimum atomic E-state index is -0.287. The molecule has 2 amide bonds. The zero-order valence-electron chi connectivity index (χ0n) is 17.1. The fourth-order valence-corrected chi connectivity index (χ4v) is 3.47. The van der Waals surface area contributed by atoms with Gasteiger partial charge in [-0.15, -0.1) is 5.10 Å². The number of aromatic nitrogens is 4. The molecule has 0 radical (unpaired) electrons. The Morgan fingerprint density at radius 3 is 2.67 bits per heavy atom. The molecule has 1 aromatic heterocycles. The van der Waals surface area contributed by atoms with Gasteiger partial charge in [0.15, 0.2) is 0 Å². The molecular formula is C21H24N6O2S. The van der Waals surface area contributed by atoms with E-state index in [-0.39, 0.29) is 17.6 Å². The minimum absolute atomic E-state index is 0.131. The van der Waals surface area contributed by atoms with Crippen LogP contribution in [0.3, 0.4) is 0 Å². The third kappa shape index (κ3) is 5.90. The summed E-state index contributed by atoms with van der Waals surface area (Å²) in [5.74, 6) is -0.00727. The summed E-state index contributed by atoms with van der Waals surface area (Å²) in [6.45, 7) is 6.78. The van der Waals surface area contributed by atoms with Crippen LogP contribution in [0.5, 0.6) is 0 Å². The van der Waals surface area contributed by atoms with Gasteiger partial charge in [-0.3, -0.25) is 9.59 Å². The number of carbonyl (C=O) groups excluding carboxylic acids is 2. The van der Waals surface area contributed by atoms with Crippen molar-refractivity contribution in [3.05, 3.63) is 59.7 Å². The number of tetrazole rings is 1. The Kier molecular flexibility index (Phi) is 7.18. The van der Waals surface area contributed by atoms with E-state index in [1.807, 2.05) is 31.2 Å². The van der Waals surface area contributed by atoms with Crippen molar-refractivity contribution in [1.82, 2.24) is 20.2 Å². The molecule has 0 aliphatic carbocycles. The van der Waals surface area contributed by atoms with E-state index in [2.05, 4.69) is 40.0 Å². The summed E-state index contributed by atoms with van der Waals surface area (Å²) in [4.78, 5) is 25.2. The SMILES string of the molecule is Cc1cccc(NC(=O)c2ccccc2NC(=O)CSc2nnnn2CC(C)C)c1. The molecule has 30 heavy (non-hydrogen) atoms. The number of aryl methyl sites for hydroxylation is 1. The summed E-state index contributed by atoms with van der Waals surface area (Å²) in [5, 5.41) is 17.9. The second-order valence-corrected chi connectivity index (χ2v) is 8.19. The number of carbonyl (C=O) groups is 2. The number of amides is 2. The van der Waals surface area contributed by atoms with Crippen molar-refractivity contribution in [3.63, 3.8) is 0 Å². The minimum Gasteiger partial charge on any atom is -0.325 e. The summed E-state index contributed by atoms with van der Waals surface area (Å²) < 4.78 is 1.69. The van der Waals surface area contributed by atoms with Crippen molar-refractivity contribution in [3.8, 4) is 0 Å². The largest absolute Gasteiger partial charge is 0.325 e. The summed E-state index contributed by atoms with van der Waals surface area (Å²) in [7, 11) is 0. The van der Waals surface area contributed by atoms with Gasteiger partial charge < -0.3 is 10.6 Å². The van der Waals surface area contributed by atoms with E-state index in [0.717, 1.165) is 5.56 Å². The molecule has 3 rings (SSSR count). The Morgan fingerprint density at radius 2 is 1.90 bits per heavy atom. The van der Waals surface area contributed by atoms with Gasteiger partial charge in [0.25, 0.3) is 5.91 Å². The van der Waals surface area contributed by atoms with Crippen LogP contribution in [0.25, 0.3) is 0 Å². The molecule has 0 unspecified atom stereocenters. The van der Waals surface area contributed by atoms with Gasteiger partial charge in [0, 0.05) is 12.2 Å². The van der Waals surface area contributed by atoms with Crippen LogP contribution in [0.2, 0.25) is 0 Å². The van der Waals surface area contributed by atoms with Gasteiger partial charge in [-0.05, 0) is 53.1 Å². The molecule has 0 aliphatic heterocycles. The van der Waals surface area contributed by atoms with Crippen molar-refractivity contribution in [2.24, 2.45) is 5.92 Å². The molecule has 0 bridgehead atoms. The predicted molar refractivity (Wildman–Crippen MR) is 118 cm³/mol. The van der Waals surface area contributed by atoms with E-state index in [0.29, 0.717) is 34.6 Å². The molecule has 9 heteroatoms. The number of rotatable bonds is 8. The van der Waals surface area contributed by atoms with Crippen LogP contribution in [-0.4, -0.2) is 37.8 Å². The monoisotopic (exact) mass is 424 g/mol. The number of nitrogens with zero attached hydrogens (tertiary/aromatic N) is 4. The number of thioether (sulfide) groups is 1. The normalized spacial score (nSPS) is 10.8. The Labute approximate surface area is 179 Å². The van der Waals surface area contributed by atoms with E-state index in [4.69, 9.17) is 0 Å². The van der Waals surface area contributed by atoms with E-state index in [1.165, 1.54) is 11.8 Å². The molecule has 2 N–H and O–H groups in total. The van der Waals surface area contributed by atoms with Crippen LogP contribution < -0.4 is 10.6 Å². The van der Waals surface area contributed by atoms with Crippen molar-refractivity contribution < 1.29 is 9.59 Å². The van der Waals surface area contributed by atoms with Crippen LogP contribution >= 0.6 is 11.8 Å². The number of hydrogen-bond donors (Lipinski definition) is 2. The molecule has 0 aliphatic rings. The molecule has 2 aromatic carbocycles. The molecule has 8 nitrogen and oxygen atoms in total. The average molecular weight is 425 g/mol. The van der Waals surface area contributed by atoms with Crippen LogP contribution in [0.15, 0.2) is 53.7 Å². The lowest BCUT2D eigenvalue weighted by atomic mass is 10.1. The van der Waals surface area contributed by atoms with Crippen molar-refractivity contribution >= 4 is 35.0 Å². The lowest BCUT2D eigenvalue weighted by Gasteiger charge is -2.12. The standard InChI is InChI=1S/C21H24N6O2S/c1-14(2)12-27-21(24-25-26-27)30-13-19(28)23-18-10-5-4-9-17(18)20(29)22-16-8-6-7-15(3)11-16/h4-11,14H,12-13H2,1-3H3,(H,22,29)(H,23,28). The first-order valence-corrected chi connectivity index (χ1v) is 10.6. The lowest BCUT2D eigenvalue weighted by molar-refractivity contribution is -0.113. The van der Waals surface area contributed by atoms with Gasteiger partial charge >= 0.3 is 0 Å². The van der Waals surface area contributed by atoms with Gasteiger partial charge in [0.1, 0.15) is 0 Å². The zero-order valence-corrected chi connectivity index (χ0v) is 17.9. The number of anilines is 2. The Bertz CT molecular complexity index is 1030. The molecule has 0 saturated carbocycles. The van der Waals surface area contributed by atoms with Gasteiger partial charge in [-0.2, -0.15) is 0 Å². The van der Waals surface area contributed by atoms with Crippen LogP contribution in [0, 0.1) is 12.8 Å². The number of benzene rings is 2. The molecule has 3 aromatic rings. The molecule has 1 heterocycles. The topological polar surface area (TPSA) is 102 Å². The Hall–Kier alpha value is -3.20. The zero-order chi connectivity index (χ0) is 21.5. The van der Waals surface area contributed by atoms with Crippen molar-refractivity contribution in [1.29, 1.82) is 0 Å². The van der Waals surface area contributed by atoms with E-state index >= 15 is 0 Å². The van der Waals surface area contributed by atoms with E-state index in [9.17, 15) is 9.59 Å². The highest BCUT2D eigenvalue weighted by Crippen LogP contribution is 2.20. The summed E-state index contributed by atoms with van der Waals surface area (Å²) >= 11 is 1.26. The highest BCUT2D eigenvalue weighted by atomic mass is 32.2. The fraction of sp³-hybridized carbons (Fsp3) is 0.286. The second-order valence-electron chi connectivity index (χ2n) is 7.24. The number of nitrogens with one attached hydrogen (secondary N) is 2. The van der Waals surface area contributed by atoms with Crippen molar-refractivity contribution in [2.45, 2.75) is 32.5 Å². The molecule has 0 saturated heterocycles. The lowest BCUT2D eigenvalue weighted by Crippen LogP contribution is -2.19. The van der Waals surface area contributed by atoms with E-state index in [1.54, 1.807) is 28.9 Å². The first-order valence-electron chi connectivity index (χ1n) is 9.58. The van der Waals surface area contributed by atoms with Gasteiger partial charge in [0.05, 0.1) is 17.0 Å². The molecular weight excluding hydrogens is 400 g/mol. The highest BCUT2D eigenvalue weighted by Gasteiger charge is 2.15. The quantitative estimate of drug-likeness (QED) is 0.536. The predicted octanol–water partition coefficient (Wildman–Crippen LogP) is 3.62. The van der Waals surface area contributed by atoms with Crippen LogP contribution in [0.4, 0.5) is 11.4 Å². The third-order valence-corrected chi connectivity index (χ3v) is 5.05. The summed E-state index contributed by atoms with van der Waals surface area (Å²) in [5.41, 5.74) is 2.59. The smallest absolute Gasteiger partial charge is 0.257 e. The maximum Gasteiger partial charge on any atom is 0.257 e. The second kappa shape index (κ2) is 10.0. The first kappa shape index (κ1) is 21.5. The Morgan fingerprint density at radius 1 is 1.10 bits per heavy atom. The fourth-order valence-electron chi connectivity index (χ4n) is 2.79. The van der Waals surface area contributed by atoms with Crippen molar-refractivity contribution in [2.75, 3.05) is 16.4 Å². The Balaban J connectivity index is 1.63. The number of hydrogen-bond acceptors (Lipinski definition) is 6. The summed E-state index contributed by atoms with van der Waals surface area (Å²) in [6.07, 6.45) is 0. The maximum absolute atomic E-state index is 12.7. The molecule has 156 valence electrons.